The van der Waals surface area contributed by atoms with E-state index in [1.165, 1.54) is 0 Å². The van der Waals surface area contributed by atoms with Crippen LogP contribution in [0.4, 0.5) is 4.79 Å². The lowest BCUT2D eigenvalue weighted by atomic mass is 10.4. The summed E-state index contributed by atoms with van der Waals surface area (Å²) in [6.07, 6.45) is 9.56. The van der Waals surface area contributed by atoms with Gasteiger partial charge in [0.1, 0.15) is 12.3 Å². The number of ether oxygens (including phenoxy) is 1. The van der Waals surface area contributed by atoms with Crippen LogP contribution in [0.5, 0.6) is 0 Å². The molecule has 0 atom stereocenters. The maximum absolute atomic E-state index is 11.6. The first kappa shape index (κ1) is 16.4. The van der Waals surface area contributed by atoms with Gasteiger partial charge in [-0.2, -0.15) is 0 Å². The summed E-state index contributed by atoms with van der Waals surface area (Å²) in [5.41, 5.74) is 0.913. The van der Waals surface area contributed by atoms with Crippen LogP contribution in [0.25, 0.3) is 5.65 Å². The number of carbonyl (C=O) groups excluding carboxylic acids is 1. The minimum atomic E-state index is -0.373. The average molecular weight is 345 g/mol. The number of fused-ring (bicyclic) bond motifs is 1. The van der Waals surface area contributed by atoms with Crippen LogP contribution in [0, 0.1) is 0 Å². The Morgan fingerprint density at radius 3 is 3.12 bits per heavy atom. The Bertz CT molecular complexity index is 772. The number of hydrogen-bond donors (Lipinski definition) is 1. The molecule has 7 nitrogen and oxygen atoms in total. The third-order valence-corrected chi connectivity index (χ3v) is 4.38. The Hall–Kier alpha value is -2.48. The number of pyridine rings is 1. The summed E-state index contributed by atoms with van der Waals surface area (Å²) < 4.78 is 9.17. The first-order chi connectivity index (χ1) is 11.8. The fraction of sp³-hybridized carbons (Fsp3) is 0.312. The quantitative estimate of drug-likeness (QED) is 0.501. The maximum atomic E-state index is 11.6. The lowest BCUT2D eigenvalue weighted by Crippen LogP contribution is -2.26. The number of alkyl carbamates (subject to hydrolysis) is 1. The van der Waals surface area contributed by atoms with Gasteiger partial charge in [0.2, 0.25) is 0 Å². The number of hydrogen-bond acceptors (Lipinski definition) is 5. The largest absolute Gasteiger partial charge is 0.449 e. The zero-order valence-corrected chi connectivity index (χ0v) is 14.0. The van der Waals surface area contributed by atoms with Crippen LogP contribution in [0.1, 0.15) is 6.42 Å². The maximum Gasteiger partial charge on any atom is 0.407 e. The molecule has 0 aliphatic rings. The van der Waals surface area contributed by atoms with Gasteiger partial charge in [0.25, 0.3) is 0 Å². The molecule has 3 heterocycles. The highest BCUT2D eigenvalue weighted by atomic mass is 32.2. The number of nitrogens with zero attached hydrogens (tertiary/aromatic N) is 4. The van der Waals surface area contributed by atoms with E-state index in [1.807, 2.05) is 39.6 Å². The molecule has 0 spiro atoms. The molecule has 0 aliphatic carbocycles. The fourth-order valence-electron chi connectivity index (χ4n) is 2.24. The van der Waals surface area contributed by atoms with Gasteiger partial charge in [-0.1, -0.05) is 6.07 Å². The van der Waals surface area contributed by atoms with Crippen molar-refractivity contribution in [2.75, 3.05) is 18.9 Å². The van der Waals surface area contributed by atoms with Crippen LogP contribution in [0.2, 0.25) is 0 Å². The summed E-state index contributed by atoms with van der Waals surface area (Å²) in [6.45, 7) is 1.77. The van der Waals surface area contributed by atoms with Crippen LogP contribution in [0.3, 0.4) is 0 Å². The van der Waals surface area contributed by atoms with Crippen LogP contribution < -0.4 is 5.32 Å². The Morgan fingerprint density at radius 2 is 2.25 bits per heavy atom. The summed E-state index contributed by atoms with van der Waals surface area (Å²) in [4.78, 5) is 19.8. The summed E-state index contributed by atoms with van der Waals surface area (Å²) in [6, 6.07) is 5.95. The van der Waals surface area contributed by atoms with Crippen LogP contribution >= 0.6 is 11.8 Å². The normalized spacial score (nSPS) is 10.8. The molecule has 0 aromatic carbocycles. The molecule has 1 amide bonds. The van der Waals surface area contributed by atoms with E-state index in [4.69, 9.17) is 4.74 Å². The van der Waals surface area contributed by atoms with Crippen LogP contribution in [-0.2, 0) is 11.3 Å². The van der Waals surface area contributed by atoms with Gasteiger partial charge in [-0.25, -0.2) is 14.8 Å². The van der Waals surface area contributed by atoms with E-state index in [2.05, 4.69) is 15.3 Å². The van der Waals surface area contributed by atoms with Gasteiger partial charge in [0, 0.05) is 43.6 Å². The molecule has 8 heteroatoms. The average Bonchev–Trinajstić information content (AvgIpc) is 3.27. The minimum absolute atomic E-state index is 0.364. The van der Waals surface area contributed by atoms with Crippen molar-refractivity contribution in [3.05, 3.63) is 49.3 Å². The second-order valence-corrected chi connectivity index (χ2v) is 6.20. The molecule has 0 saturated carbocycles. The van der Waals surface area contributed by atoms with Crippen molar-refractivity contribution in [2.24, 2.45) is 0 Å². The summed E-state index contributed by atoms with van der Waals surface area (Å²) >= 11 is 1.63. The Balaban J connectivity index is 1.30. The third-order valence-electron chi connectivity index (χ3n) is 3.38. The van der Waals surface area contributed by atoms with Crippen molar-refractivity contribution in [3.63, 3.8) is 0 Å². The van der Waals surface area contributed by atoms with Crippen molar-refractivity contribution in [2.45, 2.75) is 18.0 Å². The van der Waals surface area contributed by atoms with E-state index in [9.17, 15) is 4.79 Å². The van der Waals surface area contributed by atoms with Crippen molar-refractivity contribution in [1.29, 1.82) is 0 Å². The second kappa shape index (κ2) is 8.39. The molecule has 3 rings (SSSR count). The smallest absolute Gasteiger partial charge is 0.407 e. The first-order valence-corrected chi connectivity index (χ1v) is 8.73. The number of rotatable bonds is 8. The molecule has 0 aliphatic heterocycles. The van der Waals surface area contributed by atoms with E-state index >= 15 is 0 Å². The van der Waals surface area contributed by atoms with Crippen LogP contribution in [0.15, 0.2) is 54.3 Å². The molecule has 24 heavy (non-hydrogen) atoms. The number of aryl methyl sites for hydroxylation is 1. The summed E-state index contributed by atoms with van der Waals surface area (Å²) in [5, 5.41) is 3.83. The van der Waals surface area contributed by atoms with Gasteiger partial charge >= 0.3 is 6.09 Å². The molecule has 126 valence electrons. The van der Waals surface area contributed by atoms with Gasteiger partial charge in [0.05, 0.1) is 11.4 Å². The van der Waals surface area contributed by atoms with E-state index < -0.39 is 0 Å². The number of carbonyl (C=O) groups is 1. The van der Waals surface area contributed by atoms with Crippen molar-refractivity contribution in [3.8, 4) is 0 Å². The van der Waals surface area contributed by atoms with Crippen LogP contribution in [-0.4, -0.2) is 43.9 Å². The van der Waals surface area contributed by atoms with E-state index in [1.54, 1.807) is 30.5 Å². The standard InChI is InChI=1S/C16H19N5O2S/c22-16(19-5-2-8-20-9-6-17-13-20)23-11-12-24-15-4-1-3-14-18-7-10-21(14)15/h1,3-4,6-7,9-10,13H,2,5,8,11-12H2,(H,19,22). The topological polar surface area (TPSA) is 73.5 Å². The zero-order chi connectivity index (χ0) is 16.6. The second-order valence-electron chi connectivity index (χ2n) is 5.08. The highest BCUT2D eigenvalue weighted by molar-refractivity contribution is 7.99. The number of aromatic nitrogens is 4. The Labute approximate surface area is 144 Å². The molecular weight excluding hydrogens is 326 g/mol. The molecular formula is C16H19N5O2S. The van der Waals surface area contributed by atoms with Crippen molar-refractivity contribution < 1.29 is 9.53 Å². The van der Waals surface area contributed by atoms with Crippen molar-refractivity contribution in [1.82, 2.24) is 24.3 Å². The van der Waals surface area contributed by atoms with Gasteiger partial charge < -0.3 is 14.6 Å². The molecule has 0 fully saturated rings. The van der Waals surface area contributed by atoms with E-state index in [-0.39, 0.29) is 6.09 Å². The van der Waals surface area contributed by atoms with Gasteiger partial charge in [-0.05, 0) is 18.6 Å². The lowest BCUT2D eigenvalue weighted by Gasteiger charge is -2.08. The first-order valence-electron chi connectivity index (χ1n) is 7.74. The molecule has 3 aromatic rings. The molecule has 0 saturated heterocycles. The molecule has 0 radical (unpaired) electrons. The lowest BCUT2D eigenvalue weighted by molar-refractivity contribution is 0.153. The Kier molecular flexibility index (Phi) is 5.73. The van der Waals surface area contributed by atoms with Gasteiger partial charge in [-0.3, -0.25) is 4.40 Å². The van der Waals surface area contributed by atoms with Gasteiger partial charge in [-0.15, -0.1) is 11.8 Å². The highest BCUT2D eigenvalue weighted by Crippen LogP contribution is 2.18. The third kappa shape index (κ3) is 4.51. The SMILES string of the molecule is O=C(NCCCn1ccnc1)OCCSc1cccc2nccn12. The van der Waals surface area contributed by atoms with E-state index in [0.29, 0.717) is 18.9 Å². The fourth-order valence-corrected chi connectivity index (χ4v) is 3.09. The van der Waals surface area contributed by atoms with E-state index in [0.717, 1.165) is 23.6 Å². The summed E-state index contributed by atoms with van der Waals surface area (Å²) in [7, 11) is 0. The number of imidazole rings is 2. The molecule has 0 bridgehead atoms. The molecule has 0 unspecified atom stereocenters. The minimum Gasteiger partial charge on any atom is -0.449 e. The molecule has 3 aromatic heterocycles. The number of nitrogens with one attached hydrogen (secondary N) is 1. The number of amides is 1. The highest BCUT2D eigenvalue weighted by Gasteiger charge is 2.04. The molecule has 1 N–H and O–H groups in total. The van der Waals surface area contributed by atoms with Gasteiger partial charge in [0.15, 0.2) is 0 Å². The number of thioether (sulfide) groups is 1. The predicted octanol–water partition coefficient (Wildman–Crippen LogP) is 2.44. The monoisotopic (exact) mass is 345 g/mol. The zero-order valence-electron chi connectivity index (χ0n) is 13.2. The Morgan fingerprint density at radius 1 is 1.29 bits per heavy atom. The summed E-state index contributed by atoms with van der Waals surface area (Å²) in [5.74, 6) is 0.694. The predicted molar refractivity (Wildman–Crippen MR) is 92.1 cm³/mol. The van der Waals surface area contributed by atoms with Crippen molar-refractivity contribution >= 4 is 23.5 Å².